The first kappa shape index (κ1) is 11.1. The van der Waals surface area contributed by atoms with E-state index in [4.69, 9.17) is 5.11 Å². The molecule has 1 aromatic rings. The van der Waals surface area contributed by atoms with Crippen molar-refractivity contribution in [2.45, 2.75) is 37.8 Å². The summed E-state index contributed by atoms with van der Waals surface area (Å²) in [6.07, 6.45) is 4.55. The average Bonchev–Trinajstić information content (AvgIpc) is 3.00. The van der Waals surface area contributed by atoms with E-state index in [0.717, 1.165) is 5.82 Å². The summed E-state index contributed by atoms with van der Waals surface area (Å²) in [7, 11) is 1.65. The Morgan fingerprint density at radius 2 is 2.50 bits per heavy atom. The van der Waals surface area contributed by atoms with Crippen molar-refractivity contribution in [2.75, 3.05) is 7.05 Å². The fourth-order valence-corrected chi connectivity index (χ4v) is 1.60. The summed E-state index contributed by atoms with van der Waals surface area (Å²) in [5.74, 6) is 0.613. The number of aromatic nitrogens is 3. The Morgan fingerprint density at radius 3 is 3.06 bits per heavy atom. The number of likely N-dealkylation sites (N-methyl/N-ethyl adjacent to an activating group) is 1. The Kier molecular flexibility index (Phi) is 3.19. The van der Waals surface area contributed by atoms with Crippen LogP contribution < -0.4 is 5.32 Å². The van der Waals surface area contributed by atoms with Crippen molar-refractivity contribution >= 4 is 5.97 Å². The molecule has 2 N–H and O–H groups in total. The predicted molar refractivity (Wildman–Crippen MR) is 57.1 cm³/mol. The van der Waals surface area contributed by atoms with Gasteiger partial charge < -0.3 is 10.4 Å². The van der Waals surface area contributed by atoms with E-state index in [0.29, 0.717) is 18.9 Å². The van der Waals surface area contributed by atoms with Crippen molar-refractivity contribution in [3.8, 4) is 0 Å². The average molecular weight is 224 g/mol. The normalized spacial score (nSPS) is 17.3. The molecule has 0 bridgehead atoms. The third kappa shape index (κ3) is 2.57. The molecule has 6 heteroatoms. The molecule has 1 fully saturated rings. The lowest BCUT2D eigenvalue weighted by atomic mass is 10.2. The van der Waals surface area contributed by atoms with Crippen molar-refractivity contribution < 1.29 is 9.90 Å². The van der Waals surface area contributed by atoms with Gasteiger partial charge in [-0.15, -0.1) is 0 Å². The molecule has 0 aliphatic heterocycles. The van der Waals surface area contributed by atoms with Gasteiger partial charge in [-0.05, 0) is 26.3 Å². The fourth-order valence-electron chi connectivity index (χ4n) is 1.60. The summed E-state index contributed by atoms with van der Waals surface area (Å²) in [6, 6.07) is -0.520. The second kappa shape index (κ2) is 4.61. The van der Waals surface area contributed by atoms with Gasteiger partial charge in [0.25, 0.3) is 0 Å². The zero-order chi connectivity index (χ0) is 11.5. The minimum absolute atomic E-state index is 0.513. The van der Waals surface area contributed by atoms with Gasteiger partial charge in [0, 0.05) is 12.5 Å². The van der Waals surface area contributed by atoms with Gasteiger partial charge in [-0.3, -0.25) is 9.48 Å². The minimum atomic E-state index is -0.829. The van der Waals surface area contributed by atoms with E-state index in [1.54, 1.807) is 18.1 Å². The predicted octanol–water partition coefficient (Wildman–Crippen LogP) is 0.218. The molecular formula is C10H16N4O2. The molecule has 0 saturated heterocycles. The molecule has 1 aromatic heterocycles. The number of carboxylic acid groups (broad SMARTS) is 1. The van der Waals surface area contributed by atoms with Gasteiger partial charge in [0.1, 0.15) is 12.4 Å². The molecule has 6 nitrogen and oxygen atoms in total. The van der Waals surface area contributed by atoms with Crippen molar-refractivity contribution in [3.05, 3.63) is 12.2 Å². The van der Waals surface area contributed by atoms with E-state index in [2.05, 4.69) is 15.4 Å². The van der Waals surface area contributed by atoms with Crippen LogP contribution in [0.2, 0.25) is 0 Å². The van der Waals surface area contributed by atoms with E-state index >= 15 is 0 Å². The van der Waals surface area contributed by atoms with Gasteiger partial charge in [0.05, 0.1) is 0 Å². The maximum absolute atomic E-state index is 10.8. The summed E-state index contributed by atoms with van der Waals surface area (Å²) in [5, 5.41) is 15.9. The third-order valence-electron chi connectivity index (χ3n) is 2.79. The van der Waals surface area contributed by atoms with Gasteiger partial charge in [-0.1, -0.05) is 0 Å². The summed E-state index contributed by atoms with van der Waals surface area (Å²) < 4.78 is 1.72. The molecular weight excluding hydrogens is 208 g/mol. The molecule has 0 aromatic carbocycles. The highest BCUT2D eigenvalue weighted by molar-refractivity contribution is 5.73. The Bertz CT molecular complexity index is 373. The second-order valence-electron chi connectivity index (χ2n) is 4.11. The van der Waals surface area contributed by atoms with E-state index in [-0.39, 0.29) is 0 Å². The Morgan fingerprint density at radius 1 is 1.75 bits per heavy atom. The van der Waals surface area contributed by atoms with Crippen LogP contribution in [0.3, 0.4) is 0 Å². The van der Waals surface area contributed by atoms with E-state index in [9.17, 15) is 4.79 Å². The van der Waals surface area contributed by atoms with Gasteiger partial charge in [0.2, 0.25) is 0 Å². The quantitative estimate of drug-likeness (QED) is 0.722. The molecule has 1 saturated carbocycles. The van der Waals surface area contributed by atoms with Gasteiger partial charge >= 0.3 is 5.97 Å². The number of aryl methyl sites for hydroxylation is 1. The van der Waals surface area contributed by atoms with Gasteiger partial charge in [0.15, 0.2) is 5.82 Å². The molecule has 88 valence electrons. The maximum Gasteiger partial charge on any atom is 0.320 e. The van der Waals surface area contributed by atoms with Crippen molar-refractivity contribution in [3.63, 3.8) is 0 Å². The minimum Gasteiger partial charge on any atom is -0.480 e. The van der Waals surface area contributed by atoms with Crippen molar-refractivity contribution in [1.29, 1.82) is 0 Å². The van der Waals surface area contributed by atoms with Crippen LogP contribution in [-0.2, 0) is 11.3 Å². The molecule has 2 rings (SSSR count). The van der Waals surface area contributed by atoms with Crippen LogP contribution in [0.1, 0.15) is 31.0 Å². The number of carboxylic acids is 1. The summed E-state index contributed by atoms with van der Waals surface area (Å²) in [5.41, 5.74) is 0. The Balaban J connectivity index is 1.85. The Hall–Kier alpha value is -1.43. The molecule has 0 spiro atoms. The number of hydrogen-bond acceptors (Lipinski definition) is 4. The lowest BCUT2D eigenvalue weighted by Gasteiger charge is -2.10. The number of rotatable bonds is 6. The highest BCUT2D eigenvalue weighted by Gasteiger charge is 2.27. The summed E-state index contributed by atoms with van der Waals surface area (Å²) in [6.45, 7) is 0.581. The van der Waals surface area contributed by atoms with Crippen molar-refractivity contribution in [1.82, 2.24) is 20.1 Å². The number of hydrogen-bond donors (Lipinski definition) is 2. The number of carbonyl (C=O) groups is 1. The maximum atomic E-state index is 10.8. The third-order valence-corrected chi connectivity index (χ3v) is 2.79. The molecule has 0 radical (unpaired) electrons. The first-order valence-electron chi connectivity index (χ1n) is 5.50. The zero-order valence-corrected chi connectivity index (χ0v) is 9.26. The Labute approximate surface area is 93.7 Å². The van der Waals surface area contributed by atoms with Crippen LogP contribution in [-0.4, -0.2) is 38.9 Å². The van der Waals surface area contributed by atoms with Crippen LogP contribution >= 0.6 is 0 Å². The largest absolute Gasteiger partial charge is 0.480 e. The lowest BCUT2D eigenvalue weighted by Crippen LogP contribution is -2.34. The zero-order valence-electron chi connectivity index (χ0n) is 9.26. The van der Waals surface area contributed by atoms with E-state index in [1.807, 2.05) is 0 Å². The number of nitrogens with one attached hydrogen (secondary N) is 1. The molecule has 1 unspecified atom stereocenters. The molecule has 16 heavy (non-hydrogen) atoms. The van der Waals surface area contributed by atoms with Crippen LogP contribution in [0.25, 0.3) is 0 Å². The highest BCUT2D eigenvalue weighted by Crippen LogP contribution is 2.37. The fraction of sp³-hybridized carbons (Fsp3) is 0.700. The van der Waals surface area contributed by atoms with E-state index < -0.39 is 12.0 Å². The summed E-state index contributed by atoms with van der Waals surface area (Å²) in [4.78, 5) is 15.0. The van der Waals surface area contributed by atoms with E-state index in [1.165, 1.54) is 12.8 Å². The van der Waals surface area contributed by atoms with Gasteiger partial charge in [-0.2, -0.15) is 5.10 Å². The summed E-state index contributed by atoms with van der Waals surface area (Å²) >= 11 is 0. The molecule has 1 aliphatic carbocycles. The van der Waals surface area contributed by atoms with Crippen molar-refractivity contribution in [2.24, 2.45) is 0 Å². The first-order valence-corrected chi connectivity index (χ1v) is 5.50. The van der Waals surface area contributed by atoms with Gasteiger partial charge in [-0.25, -0.2) is 4.98 Å². The van der Waals surface area contributed by atoms with Crippen LogP contribution in [0.4, 0.5) is 0 Å². The van der Waals surface area contributed by atoms with Crippen LogP contribution in [0, 0.1) is 0 Å². The molecule has 1 aliphatic rings. The molecule has 1 heterocycles. The van der Waals surface area contributed by atoms with Crippen LogP contribution in [0.15, 0.2) is 6.33 Å². The SMILES string of the molecule is CNC(CCn1cnc(C2CC2)n1)C(=O)O. The topological polar surface area (TPSA) is 80.0 Å². The second-order valence-corrected chi connectivity index (χ2v) is 4.11. The van der Waals surface area contributed by atoms with Crippen LogP contribution in [0.5, 0.6) is 0 Å². The molecule has 0 amide bonds. The standard InChI is InChI=1S/C10H16N4O2/c1-11-8(10(15)16)4-5-14-6-12-9(13-14)7-2-3-7/h6-8,11H,2-5H2,1H3,(H,15,16). The smallest absolute Gasteiger partial charge is 0.320 e. The monoisotopic (exact) mass is 224 g/mol. The number of nitrogens with zero attached hydrogens (tertiary/aromatic N) is 3. The number of aliphatic carboxylic acids is 1. The first-order chi connectivity index (χ1) is 7.70. The molecule has 1 atom stereocenters. The highest BCUT2D eigenvalue weighted by atomic mass is 16.4. The lowest BCUT2D eigenvalue weighted by molar-refractivity contribution is -0.139.